The second-order valence-corrected chi connectivity index (χ2v) is 8.52. The minimum Gasteiger partial charge on any atom is -0.507 e. The van der Waals surface area contributed by atoms with Gasteiger partial charge in [-0.1, -0.05) is 31.5 Å². The van der Waals surface area contributed by atoms with Crippen molar-refractivity contribution >= 4 is 17.4 Å². The average molecular weight is 475 g/mol. The molecule has 2 heterocycles. The fraction of sp³-hybridized carbons (Fsp3) is 0.250. The number of Topliss-reactive ketones (excluding diaryl/α,β-unsaturated/α-hetero) is 1. The van der Waals surface area contributed by atoms with Gasteiger partial charge in [0.2, 0.25) is 0 Å². The summed E-state index contributed by atoms with van der Waals surface area (Å²) in [5, 5.41) is 11.3. The van der Waals surface area contributed by atoms with Gasteiger partial charge in [0.1, 0.15) is 17.3 Å². The Morgan fingerprint density at radius 1 is 1.14 bits per heavy atom. The molecule has 1 aromatic heterocycles. The summed E-state index contributed by atoms with van der Waals surface area (Å²) in [6.45, 7) is 4.59. The molecule has 1 aliphatic heterocycles. The van der Waals surface area contributed by atoms with E-state index >= 15 is 0 Å². The third-order valence-electron chi connectivity index (χ3n) is 6.02. The number of amides is 1. The fourth-order valence-corrected chi connectivity index (χ4v) is 4.19. The summed E-state index contributed by atoms with van der Waals surface area (Å²) >= 11 is 0. The molecule has 1 fully saturated rings. The Bertz CT molecular complexity index is 1260. The Morgan fingerprint density at radius 3 is 2.57 bits per heavy atom. The summed E-state index contributed by atoms with van der Waals surface area (Å²) in [5.74, 6) is -1.57. The Balaban J connectivity index is 1.78. The number of benzene rings is 2. The standard InChI is InChI=1S/C28H27FN2O4/c1-3-4-14-35-22-11-12-23(18(2)15-22)26(32)24-25(20-7-9-21(29)10-8-20)31(28(34)27(24)33)17-19-6-5-13-30-16-19/h5-13,15-16,25,32H,3-4,14,17H2,1-2H3. The van der Waals surface area contributed by atoms with Gasteiger partial charge in [-0.2, -0.15) is 0 Å². The largest absolute Gasteiger partial charge is 0.507 e. The number of aromatic nitrogens is 1. The van der Waals surface area contributed by atoms with Gasteiger partial charge in [-0.05, 0) is 66.4 Å². The zero-order valence-corrected chi connectivity index (χ0v) is 19.7. The molecule has 0 bridgehead atoms. The summed E-state index contributed by atoms with van der Waals surface area (Å²) in [6, 6.07) is 13.5. The van der Waals surface area contributed by atoms with Crippen LogP contribution in [0.2, 0.25) is 0 Å². The van der Waals surface area contributed by atoms with E-state index in [4.69, 9.17) is 4.74 Å². The summed E-state index contributed by atoms with van der Waals surface area (Å²) < 4.78 is 19.4. The van der Waals surface area contributed by atoms with E-state index in [1.165, 1.54) is 29.2 Å². The molecule has 6 nitrogen and oxygen atoms in total. The molecule has 0 aliphatic carbocycles. The molecular weight excluding hydrogens is 447 g/mol. The molecule has 3 aromatic rings. The summed E-state index contributed by atoms with van der Waals surface area (Å²) in [6.07, 6.45) is 5.18. The van der Waals surface area contributed by atoms with Crippen molar-refractivity contribution in [3.05, 3.63) is 101 Å². The van der Waals surface area contributed by atoms with Crippen LogP contribution in [0.4, 0.5) is 4.39 Å². The Hall–Kier alpha value is -4.00. The van der Waals surface area contributed by atoms with Gasteiger partial charge in [-0.15, -0.1) is 0 Å². The zero-order chi connectivity index (χ0) is 24.9. The van der Waals surface area contributed by atoms with E-state index in [-0.39, 0.29) is 17.9 Å². The predicted molar refractivity (Wildman–Crippen MR) is 130 cm³/mol. The number of hydrogen-bond acceptors (Lipinski definition) is 5. The number of aliphatic hydroxyl groups is 1. The van der Waals surface area contributed by atoms with Crippen molar-refractivity contribution in [1.29, 1.82) is 0 Å². The number of likely N-dealkylation sites (tertiary alicyclic amines) is 1. The van der Waals surface area contributed by atoms with E-state index in [9.17, 15) is 19.1 Å². The number of aryl methyl sites for hydroxylation is 1. The molecule has 180 valence electrons. The van der Waals surface area contributed by atoms with E-state index in [0.29, 0.717) is 29.0 Å². The van der Waals surface area contributed by atoms with Gasteiger partial charge in [0.05, 0.1) is 18.2 Å². The maximum absolute atomic E-state index is 13.7. The first-order valence-corrected chi connectivity index (χ1v) is 11.6. The van der Waals surface area contributed by atoms with Crippen LogP contribution in [0, 0.1) is 12.7 Å². The van der Waals surface area contributed by atoms with E-state index in [1.807, 2.05) is 0 Å². The maximum atomic E-state index is 13.7. The molecule has 1 N–H and O–H groups in total. The number of pyridine rings is 1. The van der Waals surface area contributed by atoms with E-state index < -0.39 is 23.5 Å². The lowest BCUT2D eigenvalue weighted by Gasteiger charge is -2.25. The number of hydrogen-bond donors (Lipinski definition) is 1. The van der Waals surface area contributed by atoms with Crippen LogP contribution in [0.5, 0.6) is 5.75 Å². The minimum atomic E-state index is -0.879. The molecule has 7 heteroatoms. The number of aliphatic hydroxyl groups excluding tert-OH is 1. The topological polar surface area (TPSA) is 79.7 Å². The first-order chi connectivity index (χ1) is 16.9. The molecule has 1 aliphatic rings. The van der Waals surface area contributed by atoms with E-state index in [2.05, 4.69) is 11.9 Å². The first-order valence-electron chi connectivity index (χ1n) is 11.6. The average Bonchev–Trinajstić information content (AvgIpc) is 3.10. The van der Waals surface area contributed by atoms with Crippen LogP contribution in [0.25, 0.3) is 5.76 Å². The molecule has 1 amide bonds. The van der Waals surface area contributed by atoms with Crippen LogP contribution >= 0.6 is 0 Å². The first kappa shape index (κ1) is 24.1. The third-order valence-corrected chi connectivity index (χ3v) is 6.02. The van der Waals surface area contributed by atoms with Gasteiger partial charge in [-0.25, -0.2) is 4.39 Å². The number of unbranched alkanes of at least 4 members (excludes halogenated alkanes) is 1. The zero-order valence-electron chi connectivity index (χ0n) is 19.7. The molecule has 4 rings (SSSR count). The number of carbonyl (C=O) groups is 2. The lowest BCUT2D eigenvalue weighted by atomic mass is 9.93. The van der Waals surface area contributed by atoms with Crippen molar-refractivity contribution in [3.63, 3.8) is 0 Å². The maximum Gasteiger partial charge on any atom is 0.295 e. The molecule has 0 radical (unpaired) electrons. The fourth-order valence-electron chi connectivity index (χ4n) is 4.19. The number of ketones is 1. The molecule has 1 atom stereocenters. The Labute approximate surface area is 203 Å². The summed E-state index contributed by atoms with van der Waals surface area (Å²) in [4.78, 5) is 31.8. The van der Waals surface area contributed by atoms with Gasteiger partial charge < -0.3 is 14.7 Å². The Kier molecular flexibility index (Phi) is 7.25. The molecule has 2 aromatic carbocycles. The molecule has 35 heavy (non-hydrogen) atoms. The second-order valence-electron chi connectivity index (χ2n) is 8.52. The lowest BCUT2D eigenvalue weighted by molar-refractivity contribution is -0.140. The smallest absolute Gasteiger partial charge is 0.295 e. The van der Waals surface area contributed by atoms with Crippen LogP contribution in [0.1, 0.15) is 48.1 Å². The van der Waals surface area contributed by atoms with Gasteiger partial charge in [-0.3, -0.25) is 14.6 Å². The monoisotopic (exact) mass is 474 g/mol. The van der Waals surface area contributed by atoms with Crippen molar-refractivity contribution in [2.75, 3.05) is 6.61 Å². The third kappa shape index (κ3) is 5.09. The van der Waals surface area contributed by atoms with Crippen LogP contribution in [0.3, 0.4) is 0 Å². The van der Waals surface area contributed by atoms with Crippen molar-refractivity contribution in [3.8, 4) is 5.75 Å². The quantitative estimate of drug-likeness (QED) is 0.207. The van der Waals surface area contributed by atoms with Crippen LogP contribution in [-0.2, 0) is 16.1 Å². The van der Waals surface area contributed by atoms with Crippen molar-refractivity contribution in [2.24, 2.45) is 0 Å². The number of rotatable bonds is 8. The number of nitrogens with zero attached hydrogens (tertiary/aromatic N) is 2. The van der Waals surface area contributed by atoms with Gasteiger partial charge in [0.15, 0.2) is 0 Å². The van der Waals surface area contributed by atoms with Gasteiger partial charge in [0.25, 0.3) is 11.7 Å². The minimum absolute atomic E-state index is 0.0340. The normalized spacial score (nSPS) is 17.1. The molecule has 0 saturated carbocycles. The van der Waals surface area contributed by atoms with E-state index in [1.54, 1.807) is 49.6 Å². The number of ether oxygens (including phenoxy) is 1. The molecule has 1 unspecified atom stereocenters. The number of halogens is 1. The summed E-state index contributed by atoms with van der Waals surface area (Å²) in [5.41, 5.74) is 2.35. The predicted octanol–water partition coefficient (Wildman–Crippen LogP) is 5.33. The molecule has 0 spiro atoms. The van der Waals surface area contributed by atoms with Crippen LogP contribution < -0.4 is 4.74 Å². The Morgan fingerprint density at radius 2 is 1.91 bits per heavy atom. The second kappa shape index (κ2) is 10.5. The van der Waals surface area contributed by atoms with E-state index in [0.717, 1.165) is 18.4 Å². The lowest BCUT2D eigenvalue weighted by Crippen LogP contribution is -2.29. The highest BCUT2D eigenvalue weighted by molar-refractivity contribution is 6.46. The highest BCUT2D eigenvalue weighted by atomic mass is 19.1. The van der Waals surface area contributed by atoms with Crippen LogP contribution in [-0.4, -0.2) is 33.3 Å². The van der Waals surface area contributed by atoms with Crippen molar-refractivity contribution < 1.29 is 23.8 Å². The van der Waals surface area contributed by atoms with Gasteiger partial charge >= 0.3 is 0 Å². The van der Waals surface area contributed by atoms with Crippen molar-refractivity contribution in [2.45, 2.75) is 39.3 Å². The SMILES string of the molecule is CCCCOc1ccc(C(O)=C2C(=O)C(=O)N(Cc3cccnc3)C2c2ccc(F)cc2)c(C)c1. The molecule has 1 saturated heterocycles. The highest BCUT2D eigenvalue weighted by Crippen LogP contribution is 2.41. The highest BCUT2D eigenvalue weighted by Gasteiger charge is 2.46. The van der Waals surface area contributed by atoms with Crippen molar-refractivity contribution in [1.82, 2.24) is 9.88 Å². The van der Waals surface area contributed by atoms with Gasteiger partial charge in [0, 0.05) is 24.5 Å². The van der Waals surface area contributed by atoms with Crippen LogP contribution in [0.15, 0.2) is 72.6 Å². The molecular formula is C28H27FN2O4. The number of carbonyl (C=O) groups excluding carboxylic acids is 2. The summed E-state index contributed by atoms with van der Waals surface area (Å²) in [7, 11) is 0.